The van der Waals surface area contributed by atoms with Crippen molar-refractivity contribution in [3.05, 3.63) is 70.4 Å². The number of carbonyl (C=O) groups is 1. The summed E-state index contributed by atoms with van der Waals surface area (Å²) in [6.07, 6.45) is 3.82. The summed E-state index contributed by atoms with van der Waals surface area (Å²) in [7, 11) is 3.21. The summed E-state index contributed by atoms with van der Waals surface area (Å²) in [5.41, 5.74) is 20.1. The molecule has 5 N–H and O–H groups in total. The van der Waals surface area contributed by atoms with Crippen molar-refractivity contribution >= 4 is 17.7 Å². The zero-order chi connectivity index (χ0) is 26.5. The Balaban J connectivity index is 1.56. The van der Waals surface area contributed by atoms with Gasteiger partial charge in [0.05, 0.1) is 20.3 Å². The number of ether oxygens (including phenoxy) is 2. The number of hydrogen-bond acceptors (Lipinski definition) is 8. The first-order valence-electron chi connectivity index (χ1n) is 12.5. The zero-order valence-electron chi connectivity index (χ0n) is 22.0. The average molecular weight is 505 g/mol. The van der Waals surface area contributed by atoms with E-state index in [-0.39, 0.29) is 17.9 Å². The van der Waals surface area contributed by atoms with E-state index < -0.39 is 0 Å². The van der Waals surface area contributed by atoms with Crippen LogP contribution in [0.4, 0.5) is 11.8 Å². The molecule has 0 bridgehead atoms. The Labute approximate surface area is 218 Å². The van der Waals surface area contributed by atoms with E-state index in [1.54, 1.807) is 20.4 Å². The Kier molecular flexibility index (Phi) is 8.13. The lowest BCUT2D eigenvalue weighted by Crippen LogP contribution is -2.48. The molecular formula is C28H36N6O3. The second-order valence-electron chi connectivity index (χ2n) is 9.75. The first kappa shape index (κ1) is 26.2. The largest absolute Gasteiger partial charge is 0.493 e. The summed E-state index contributed by atoms with van der Waals surface area (Å²) < 4.78 is 11.3. The number of amides is 1. The van der Waals surface area contributed by atoms with Gasteiger partial charge in [0.2, 0.25) is 11.9 Å². The molecule has 1 amide bonds. The first-order chi connectivity index (χ1) is 17.8. The van der Waals surface area contributed by atoms with Gasteiger partial charge < -0.3 is 20.9 Å². The minimum atomic E-state index is -0.00583. The standard InChI is InChI=1S/C28H36N6O3/c1-17(2)11-23-22-8-6-5-7-20(22)16-32-34(23)25(35)10-9-19-12-18(14-24(36-3)26(19)37-4)13-21-15-31-28(30)33-27(21)29/h5-8,12,14-15,17,23,32H,9-11,13,16H2,1-4H3,(H4,29,30,31,33)/t23-/m0/s1. The van der Waals surface area contributed by atoms with Gasteiger partial charge in [0.1, 0.15) is 5.82 Å². The van der Waals surface area contributed by atoms with Crippen molar-refractivity contribution in [1.82, 2.24) is 20.4 Å². The summed E-state index contributed by atoms with van der Waals surface area (Å²) in [6, 6.07) is 12.3. The number of anilines is 2. The second kappa shape index (κ2) is 11.5. The number of nitrogen functional groups attached to an aromatic ring is 2. The molecule has 0 radical (unpaired) electrons. The van der Waals surface area contributed by atoms with Crippen LogP contribution in [0.15, 0.2) is 42.6 Å². The molecule has 196 valence electrons. The summed E-state index contributed by atoms with van der Waals surface area (Å²) in [5, 5.41) is 1.82. The highest BCUT2D eigenvalue weighted by atomic mass is 16.5. The van der Waals surface area contributed by atoms with Crippen LogP contribution in [0.25, 0.3) is 0 Å². The van der Waals surface area contributed by atoms with Crippen LogP contribution in [0.3, 0.4) is 0 Å². The molecule has 2 heterocycles. The molecule has 9 heteroatoms. The molecule has 9 nitrogen and oxygen atoms in total. The topological polar surface area (TPSA) is 129 Å². The van der Waals surface area contributed by atoms with Crippen LogP contribution in [-0.4, -0.2) is 35.1 Å². The smallest absolute Gasteiger partial charge is 0.237 e. The van der Waals surface area contributed by atoms with Gasteiger partial charge in [0.25, 0.3) is 0 Å². The predicted molar refractivity (Wildman–Crippen MR) is 144 cm³/mol. The number of hydrogen-bond donors (Lipinski definition) is 3. The normalized spacial score (nSPS) is 14.9. The van der Waals surface area contributed by atoms with Gasteiger partial charge in [-0.25, -0.2) is 10.4 Å². The van der Waals surface area contributed by atoms with Crippen molar-refractivity contribution in [3.63, 3.8) is 0 Å². The molecule has 1 aliphatic rings. The van der Waals surface area contributed by atoms with E-state index >= 15 is 0 Å². The maximum Gasteiger partial charge on any atom is 0.237 e. The maximum absolute atomic E-state index is 13.5. The highest BCUT2D eigenvalue weighted by Gasteiger charge is 2.31. The van der Waals surface area contributed by atoms with Crippen LogP contribution < -0.4 is 26.4 Å². The molecule has 1 aliphatic heterocycles. The molecule has 0 fully saturated rings. The third-order valence-electron chi connectivity index (χ3n) is 6.66. The monoisotopic (exact) mass is 504 g/mol. The number of nitrogens with one attached hydrogen (secondary N) is 1. The number of rotatable bonds is 9. The molecular weight excluding hydrogens is 468 g/mol. The van der Waals surface area contributed by atoms with Crippen LogP contribution in [0, 0.1) is 5.92 Å². The molecule has 1 atom stereocenters. The molecule has 0 saturated carbocycles. The van der Waals surface area contributed by atoms with E-state index in [0.29, 0.717) is 49.0 Å². The number of hydrazine groups is 1. The second-order valence-corrected chi connectivity index (χ2v) is 9.75. The Morgan fingerprint density at radius 3 is 2.65 bits per heavy atom. The predicted octanol–water partition coefficient (Wildman–Crippen LogP) is 3.82. The summed E-state index contributed by atoms with van der Waals surface area (Å²) in [5.74, 6) is 2.18. The fourth-order valence-electron chi connectivity index (χ4n) is 4.93. The highest BCUT2D eigenvalue weighted by Crippen LogP contribution is 2.36. The van der Waals surface area contributed by atoms with E-state index in [4.69, 9.17) is 20.9 Å². The molecule has 0 unspecified atom stereocenters. The molecule has 37 heavy (non-hydrogen) atoms. The van der Waals surface area contributed by atoms with Crippen LogP contribution in [0.5, 0.6) is 11.5 Å². The number of nitrogens with zero attached hydrogens (tertiary/aromatic N) is 3. The van der Waals surface area contributed by atoms with Crippen molar-refractivity contribution in [2.45, 2.75) is 52.1 Å². The van der Waals surface area contributed by atoms with E-state index in [1.807, 2.05) is 29.3 Å². The lowest BCUT2D eigenvalue weighted by atomic mass is 9.91. The quantitative estimate of drug-likeness (QED) is 0.401. The van der Waals surface area contributed by atoms with E-state index in [9.17, 15) is 4.79 Å². The van der Waals surface area contributed by atoms with Gasteiger partial charge in [-0.1, -0.05) is 44.2 Å². The third-order valence-corrected chi connectivity index (χ3v) is 6.66. The van der Waals surface area contributed by atoms with E-state index in [1.165, 1.54) is 11.1 Å². The SMILES string of the molecule is COc1cc(Cc2cnc(N)nc2N)cc(CCC(=O)N2NCc3ccccc3[C@@H]2CC(C)C)c1OC. The third kappa shape index (κ3) is 5.94. The number of methoxy groups -OCH3 is 2. The molecule has 0 spiro atoms. The van der Waals surface area contributed by atoms with Crippen molar-refractivity contribution < 1.29 is 14.3 Å². The lowest BCUT2D eigenvalue weighted by Gasteiger charge is -2.38. The maximum atomic E-state index is 13.5. The number of carbonyl (C=O) groups excluding carboxylic acids is 1. The van der Waals surface area contributed by atoms with Gasteiger partial charge in [-0.3, -0.25) is 9.80 Å². The zero-order valence-corrected chi connectivity index (χ0v) is 22.0. The fraction of sp³-hybridized carbons (Fsp3) is 0.393. The van der Waals surface area contributed by atoms with E-state index in [0.717, 1.165) is 23.1 Å². The van der Waals surface area contributed by atoms with Crippen LogP contribution in [0.2, 0.25) is 0 Å². The minimum absolute atomic E-state index is 0.00583. The van der Waals surface area contributed by atoms with Gasteiger partial charge in [0, 0.05) is 31.1 Å². The van der Waals surface area contributed by atoms with Gasteiger partial charge in [-0.05, 0) is 47.1 Å². The Morgan fingerprint density at radius 1 is 1.16 bits per heavy atom. The number of benzene rings is 2. The summed E-state index contributed by atoms with van der Waals surface area (Å²) >= 11 is 0. The van der Waals surface area contributed by atoms with Crippen LogP contribution >= 0.6 is 0 Å². The Morgan fingerprint density at radius 2 is 1.95 bits per heavy atom. The van der Waals surface area contributed by atoms with Gasteiger partial charge in [-0.2, -0.15) is 4.98 Å². The van der Waals surface area contributed by atoms with Crippen molar-refractivity contribution in [2.24, 2.45) is 5.92 Å². The molecule has 3 aromatic rings. The van der Waals surface area contributed by atoms with Crippen molar-refractivity contribution in [3.8, 4) is 11.5 Å². The Hall–Kier alpha value is -3.85. The molecule has 0 aliphatic carbocycles. The number of aryl methyl sites for hydroxylation is 1. The fourth-order valence-corrected chi connectivity index (χ4v) is 4.93. The van der Waals surface area contributed by atoms with Gasteiger partial charge in [-0.15, -0.1) is 0 Å². The minimum Gasteiger partial charge on any atom is -0.493 e. The highest BCUT2D eigenvalue weighted by molar-refractivity contribution is 5.77. The molecule has 4 rings (SSSR count). The number of fused-ring (bicyclic) bond motifs is 1. The summed E-state index contributed by atoms with van der Waals surface area (Å²) in [6.45, 7) is 5.00. The molecule has 1 aromatic heterocycles. The van der Waals surface area contributed by atoms with Crippen LogP contribution in [0.1, 0.15) is 60.5 Å². The number of aromatic nitrogens is 2. The average Bonchev–Trinajstić information content (AvgIpc) is 2.88. The molecule has 0 saturated heterocycles. The van der Waals surface area contributed by atoms with Crippen LogP contribution in [-0.2, 0) is 24.2 Å². The lowest BCUT2D eigenvalue weighted by molar-refractivity contribution is -0.139. The molecule has 2 aromatic carbocycles. The first-order valence-corrected chi connectivity index (χ1v) is 12.5. The Bertz CT molecular complexity index is 1260. The summed E-state index contributed by atoms with van der Waals surface area (Å²) in [4.78, 5) is 21.6. The number of nitrogens with two attached hydrogens (primary N) is 2. The van der Waals surface area contributed by atoms with Gasteiger partial charge >= 0.3 is 0 Å². The van der Waals surface area contributed by atoms with Crippen molar-refractivity contribution in [1.29, 1.82) is 0 Å². The van der Waals surface area contributed by atoms with E-state index in [2.05, 4.69) is 41.4 Å². The van der Waals surface area contributed by atoms with Crippen molar-refractivity contribution in [2.75, 3.05) is 25.7 Å². The van der Waals surface area contributed by atoms with Gasteiger partial charge in [0.15, 0.2) is 11.5 Å².